The van der Waals surface area contributed by atoms with Gasteiger partial charge >= 0.3 is 0 Å². The monoisotopic (exact) mass is 478 g/mol. The maximum atomic E-state index is 12.4. The fraction of sp³-hybridized carbons (Fsp3) is 0.200. The maximum Gasteiger partial charge on any atom is 0.261 e. The summed E-state index contributed by atoms with van der Waals surface area (Å²) in [6.07, 6.45) is 0. The van der Waals surface area contributed by atoms with Crippen LogP contribution >= 0.6 is 34.7 Å². The molecule has 31 heavy (non-hydrogen) atoms. The Morgan fingerprint density at radius 2 is 1.90 bits per heavy atom. The van der Waals surface area contributed by atoms with Crippen molar-refractivity contribution < 1.29 is 19.1 Å². The molecule has 2 aromatic carbocycles. The molecule has 2 N–H and O–H groups in total. The SMILES string of the molecule is COc1ccccc1C(=O)Nc1nnc(SCC(=O)NCCOc2ccc(Cl)cc2)s1. The average molecular weight is 479 g/mol. The van der Waals surface area contributed by atoms with Gasteiger partial charge in [-0.2, -0.15) is 0 Å². The molecule has 0 radical (unpaired) electrons. The Morgan fingerprint density at radius 3 is 2.68 bits per heavy atom. The van der Waals surface area contributed by atoms with Crippen molar-refractivity contribution in [2.75, 3.05) is 31.3 Å². The number of thioether (sulfide) groups is 1. The van der Waals surface area contributed by atoms with Gasteiger partial charge in [-0.05, 0) is 36.4 Å². The second kappa shape index (κ2) is 11.5. The van der Waals surface area contributed by atoms with Gasteiger partial charge in [0.2, 0.25) is 11.0 Å². The van der Waals surface area contributed by atoms with Gasteiger partial charge in [0.1, 0.15) is 18.1 Å². The maximum absolute atomic E-state index is 12.4. The lowest BCUT2D eigenvalue weighted by Crippen LogP contribution is -2.29. The molecule has 162 valence electrons. The number of methoxy groups -OCH3 is 1. The van der Waals surface area contributed by atoms with Crippen LogP contribution in [0, 0.1) is 0 Å². The summed E-state index contributed by atoms with van der Waals surface area (Å²) in [6, 6.07) is 13.9. The molecule has 0 bridgehead atoms. The van der Waals surface area contributed by atoms with E-state index in [0.717, 1.165) is 0 Å². The van der Waals surface area contributed by atoms with E-state index in [1.807, 2.05) is 0 Å². The van der Waals surface area contributed by atoms with Crippen LogP contribution in [-0.4, -0.2) is 48.0 Å². The van der Waals surface area contributed by atoms with E-state index < -0.39 is 0 Å². The van der Waals surface area contributed by atoms with Gasteiger partial charge in [-0.1, -0.05) is 46.8 Å². The van der Waals surface area contributed by atoms with Crippen LogP contribution in [0.15, 0.2) is 52.9 Å². The van der Waals surface area contributed by atoms with Gasteiger partial charge in [0, 0.05) is 5.02 Å². The zero-order valence-electron chi connectivity index (χ0n) is 16.5. The van der Waals surface area contributed by atoms with Crippen LogP contribution in [0.5, 0.6) is 11.5 Å². The minimum absolute atomic E-state index is 0.153. The van der Waals surface area contributed by atoms with Crippen molar-refractivity contribution in [3.8, 4) is 11.5 Å². The highest BCUT2D eigenvalue weighted by Crippen LogP contribution is 2.26. The van der Waals surface area contributed by atoms with E-state index in [1.54, 1.807) is 48.5 Å². The first-order chi connectivity index (χ1) is 15.0. The van der Waals surface area contributed by atoms with Gasteiger partial charge in [0.15, 0.2) is 4.34 Å². The molecular formula is C20H19ClN4O4S2. The van der Waals surface area contributed by atoms with E-state index >= 15 is 0 Å². The van der Waals surface area contributed by atoms with Crippen molar-refractivity contribution in [2.45, 2.75) is 4.34 Å². The Bertz CT molecular complexity index is 1030. The zero-order valence-corrected chi connectivity index (χ0v) is 18.9. The number of rotatable bonds is 10. The molecule has 3 rings (SSSR count). The number of nitrogens with zero attached hydrogens (tertiary/aromatic N) is 2. The van der Waals surface area contributed by atoms with Crippen molar-refractivity contribution in [1.82, 2.24) is 15.5 Å². The second-order valence-electron chi connectivity index (χ2n) is 5.97. The number of hydrogen-bond donors (Lipinski definition) is 2. The molecule has 0 saturated heterocycles. The fourth-order valence-electron chi connectivity index (χ4n) is 2.38. The molecule has 0 saturated carbocycles. The third-order valence-corrected chi connectivity index (χ3v) is 6.04. The zero-order chi connectivity index (χ0) is 22.1. The molecule has 0 aliphatic rings. The summed E-state index contributed by atoms with van der Waals surface area (Å²) in [6.45, 7) is 0.717. The van der Waals surface area contributed by atoms with Crippen LogP contribution in [0.2, 0.25) is 5.02 Å². The molecule has 11 heteroatoms. The highest BCUT2D eigenvalue weighted by Gasteiger charge is 2.15. The summed E-state index contributed by atoms with van der Waals surface area (Å²) >= 11 is 8.25. The first-order valence-corrected chi connectivity index (χ1v) is 11.3. The first kappa shape index (κ1) is 22.9. The van der Waals surface area contributed by atoms with E-state index in [1.165, 1.54) is 30.2 Å². The predicted molar refractivity (Wildman–Crippen MR) is 122 cm³/mol. The van der Waals surface area contributed by atoms with E-state index in [9.17, 15) is 9.59 Å². The number of ether oxygens (including phenoxy) is 2. The number of carbonyl (C=O) groups excluding carboxylic acids is 2. The minimum atomic E-state index is -0.344. The van der Waals surface area contributed by atoms with Crippen LogP contribution < -0.4 is 20.1 Å². The Labute approximate surface area is 192 Å². The molecule has 0 aliphatic carbocycles. The molecule has 2 amide bonds. The Hall–Kier alpha value is -2.82. The molecule has 0 spiro atoms. The molecule has 0 fully saturated rings. The lowest BCUT2D eigenvalue weighted by molar-refractivity contribution is -0.118. The predicted octanol–water partition coefficient (Wildman–Crippen LogP) is 3.74. The molecule has 1 heterocycles. The summed E-state index contributed by atoms with van der Waals surface area (Å²) < 4.78 is 11.3. The van der Waals surface area contributed by atoms with E-state index in [0.29, 0.717) is 44.7 Å². The lowest BCUT2D eigenvalue weighted by atomic mass is 10.2. The topological polar surface area (TPSA) is 102 Å². The highest BCUT2D eigenvalue weighted by atomic mass is 35.5. The molecular weight excluding hydrogens is 460 g/mol. The van der Waals surface area contributed by atoms with Crippen molar-refractivity contribution in [3.05, 3.63) is 59.1 Å². The number of amides is 2. The number of aromatic nitrogens is 2. The number of nitrogens with one attached hydrogen (secondary N) is 2. The number of anilines is 1. The normalized spacial score (nSPS) is 10.4. The molecule has 3 aromatic rings. The third kappa shape index (κ3) is 7.12. The number of para-hydroxylation sites is 1. The lowest BCUT2D eigenvalue weighted by Gasteiger charge is -2.07. The molecule has 0 unspecified atom stereocenters. The number of halogens is 1. The standard InChI is InChI=1S/C20H19ClN4O4S2/c1-28-16-5-3-2-4-15(16)18(27)23-19-24-25-20(31-19)30-12-17(26)22-10-11-29-14-8-6-13(21)7-9-14/h2-9H,10-12H2,1H3,(H,22,26)(H,23,24,27). The quantitative estimate of drug-likeness (QED) is 0.260. The van der Waals surface area contributed by atoms with Gasteiger partial charge < -0.3 is 14.8 Å². The van der Waals surface area contributed by atoms with Crippen LogP contribution in [-0.2, 0) is 4.79 Å². The van der Waals surface area contributed by atoms with Gasteiger partial charge in [0.05, 0.1) is 25.0 Å². The summed E-state index contributed by atoms with van der Waals surface area (Å²) in [4.78, 5) is 24.4. The van der Waals surface area contributed by atoms with Crippen LogP contribution in [0.25, 0.3) is 0 Å². The number of benzene rings is 2. The Kier molecular flexibility index (Phi) is 8.51. The smallest absolute Gasteiger partial charge is 0.261 e. The van der Waals surface area contributed by atoms with Gasteiger partial charge in [-0.3, -0.25) is 14.9 Å². The average Bonchev–Trinajstić information content (AvgIpc) is 3.23. The van der Waals surface area contributed by atoms with Gasteiger partial charge in [-0.25, -0.2) is 0 Å². The van der Waals surface area contributed by atoms with Crippen molar-refractivity contribution in [2.24, 2.45) is 0 Å². The summed E-state index contributed by atoms with van der Waals surface area (Å²) in [5, 5.41) is 14.4. The van der Waals surface area contributed by atoms with E-state index in [4.69, 9.17) is 21.1 Å². The molecule has 1 aromatic heterocycles. The summed E-state index contributed by atoms with van der Waals surface area (Å²) in [5.41, 5.74) is 0.398. The highest BCUT2D eigenvalue weighted by molar-refractivity contribution is 8.01. The van der Waals surface area contributed by atoms with E-state index in [-0.39, 0.29) is 17.6 Å². The van der Waals surface area contributed by atoms with Crippen molar-refractivity contribution >= 4 is 51.6 Å². The summed E-state index contributed by atoms with van der Waals surface area (Å²) in [7, 11) is 1.50. The van der Waals surface area contributed by atoms with Gasteiger partial charge in [0.25, 0.3) is 5.91 Å². The minimum Gasteiger partial charge on any atom is -0.496 e. The molecule has 0 aliphatic heterocycles. The summed E-state index contributed by atoms with van der Waals surface area (Å²) in [5.74, 6) is 0.833. The largest absolute Gasteiger partial charge is 0.496 e. The Balaban J connectivity index is 1.39. The Morgan fingerprint density at radius 1 is 1.13 bits per heavy atom. The van der Waals surface area contributed by atoms with Crippen LogP contribution in [0.3, 0.4) is 0 Å². The first-order valence-electron chi connectivity index (χ1n) is 9.11. The second-order valence-corrected chi connectivity index (χ2v) is 8.60. The van der Waals surface area contributed by atoms with E-state index in [2.05, 4.69) is 20.8 Å². The number of hydrogen-bond acceptors (Lipinski definition) is 8. The molecule has 0 atom stereocenters. The van der Waals surface area contributed by atoms with Crippen molar-refractivity contribution in [3.63, 3.8) is 0 Å². The van der Waals surface area contributed by atoms with Crippen LogP contribution in [0.1, 0.15) is 10.4 Å². The number of carbonyl (C=O) groups is 2. The third-order valence-electron chi connectivity index (χ3n) is 3.81. The van der Waals surface area contributed by atoms with Crippen molar-refractivity contribution in [1.29, 1.82) is 0 Å². The van der Waals surface area contributed by atoms with Crippen LogP contribution in [0.4, 0.5) is 5.13 Å². The van der Waals surface area contributed by atoms with Gasteiger partial charge in [-0.15, -0.1) is 10.2 Å². The fourth-order valence-corrected chi connectivity index (χ4v) is 4.09. The molecule has 8 nitrogen and oxygen atoms in total.